The van der Waals surface area contributed by atoms with Crippen molar-refractivity contribution in [2.45, 2.75) is 17.8 Å². The van der Waals surface area contributed by atoms with Crippen molar-refractivity contribution >= 4 is 5.69 Å². The maximum absolute atomic E-state index is 13.3. The van der Waals surface area contributed by atoms with Gasteiger partial charge in [-0.3, -0.25) is 0 Å². The lowest BCUT2D eigenvalue weighted by Gasteiger charge is -2.17. The van der Waals surface area contributed by atoms with E-state index in [0.717, 1.165) is 5.69 Å². The van der Waals surface area contributed by atoms with Gasteiger partial charge >= 0.3 is 0 Å². The van der Waals surface area contributed by atoms with Crippen LogP contribution in [0.15, 0.2) is 24.3 Å². The van der Waals surface area contributed by atoms with Crippen LogP contribution in [0.2, 0.25) is 0 Å². The van der Waals surface area contributed by atoms with E-state index in [-0.39, 0.29) is 13.0 Å². The molecule has 1 saturated carbocycles. The van der Waals surface area contributed by atoms with Crippen molar-refractivity contribution in [3.63, 3.8) is 0 Å². The average molecular weight is 226 g/mol. The summed E-state index contributed by atoms with van der Waals surface area (Å²) >= 11 is 0. The van der Waals surface area contributed by atoms with Crippen LogP contribution in [-0.2, 0) is 5.41 Å². The van der Waals surface area contributed by atoms with E-state index in [9.17, 15) is 8.78 Å². The standard InChI is InChI=1S/C12H16F2N2/c1-16(2)10-5-3-9(4-6-10)11(8-15)7-12(11,13)14/h3-6H,7-8,15H2,1-2H3. The first-order chi connectivity index (χ1) is 7.43. The van der Waals surface area contributed by atoms with Crippen LogP contribution < -0.4 is 10.6 Å². The van der Waals surface area contributed by atoms with Crippen LogP contribution in [0.4, 0.5) is 14.5 Å². The van der Waals surface area contributed by atoms with Gasteiger partial charge < -0.3 is 10.6 Å². The highest BCUT2D eigenvalue weighted by atomic mass is 19.3. The van der Waals surface area contributed by atoms with Crippen LogP contribution in [0.5, 0.6) is 0 Å². The van der Waals surface area contributed by atoms with Gasteiger partial charge in [-0.1, -0.05) is 12.1 Å². The van der Waals surface area contributed by atoms with E-state index in [1.807, 2.05) is 31.1 Å². The normalized spacial score (nSPS) is 26.6. The lowest BCUT2D eigenvalue weighted by atomic mass is 9.95. The second kappa shape index (κ2) is 3.42. The third-order valence-electron chi connectivity index (χ3n) is 3.38. The minimum atomic E-state index is -2.64. The van der Waals surface area contributed by atoms with Crippen LogP contribution in [0.1, 0.15) is 12.0 Å². The third kappa shape index (κ3) is 1.48. The van der Waals surface area contributed by atoms with E-state index >= 15 is 0 Å². The Balaban J connectivity index is 2.29. The zero-order valence-corrected chi connectivity index (χ0v) is 9.50. The Morgan fingerprint density at radius 1 is 1.25 bits per heavy atom. The largest absolute Gasteiger partial charge is 0.378 e. The number of rotatable bonds is 3. The van der Waals surface area contributed by atoms with Crippen molar-refractivity contribution in [3.8, 4) is 0 Å². The lowest BCUT2D eigenvalue weighted by Crippen LogP contribution is -2.26. The Hall–Kier alpha value is -1.16. The molecule has 1 unspecified atom stereocenters. The van der Waals surface area contributed by atoms with Gasteiger partial charge in [0.15, 0.2) is 0 Å². The summed E-state index contributed by atoms with van der Waals surface area (Å²) in [7, 11) is 3.83. The van der Waals surface area contributed by atoms with Gasteiger partial charge in [-0.05, 0) is 17.7 Å². The number of nitrogens with two attached hydrogens (primary N) is 1. The second-order valence-electron chi connectivity index (χ2n) is 4.61. The van der Waals surface area contributed by atoms with Gasteiger partial charge in [0, 0.05) is 32.7 Å². The first-order valence-corrected chi connectivity index (χ1v) is 5.29. The molecule has 88 valence electrons. The highest BCUT2D eigenvalue weighted by molar-refractivity contribution is 5.49. The Bertz CT molecular complexity index is 387. The van der Waals surface area contributed by atoms with Crippen molar-refractivity contribution in [2.75, 3.05) is 25.5 Å². The molecule has 2 nitrogen and oxygen atoms in total. The fourth-order valence-corrected chi connectivity index (χ4v) is 2.07. The number of nitrogens with zero attached hydrogens (tertiary/aromatic N) is 1. The number of benzene rings is 1. The third-order valence-corrected chi connectivity index (χ3v) is 3.38. The SMILES string of the molecule is CN(C)c1ccc(C2(CN)CC2(F)F)cc1. The van der Waals surface area contributed by atoms with E-state index in [0.29, 0.717) is 5.56 Å². The first kappa shape index (κ1) is 11.3. The zero-order chi connectivity index (χ0) is 12.0. The monoisotopic (exact) mass is 226 g/mol. The van der Waals surface area contributed by atoms with E-state index < -0.39 is 11.3 Å². The van der Waals surface area contributed by atoms with Gasteiger partial charge in [0.1, 0.15) is 0 Å². The molecule has 1 aromatic rings. The first-order valence-electron chi connectivity index (χ1n) is 5.29. The average Bonchev–Trinajstić information content (AvgIpc) is 2.82. The topological polar surface area (TPSA) is 29.3 Å². The lowest BCUT2D eigenvalue weighted by molar-refractivity contribution is 0.0896. The Labute approximate surface area is 94.0 Å². The van der Waals surface area contributed by atoms with Crippen molar-refractivity contribution in [1.82, 2.24) is 0 Å². The molecule has 4 heteroatoms. The fraction of sp³-hybridized carbons (Fsp3) is 0.500. The van der Waals surface area contributed by atoms with Gasteiger partial charge in [0.05, 0.1) is 5.41 Å². The van der Waals surface area contributed by atoms with Gasteiger partial charge in [0.2, 0.25) is 0 Å². The molecule has 0 bridgehead atoms. The molecule has 2 rings (SSSR count). The Morgan fingerprint density at radius 3 is 2.06 bits per heavy atom. The molecule has 0 amide bonds. The quantitative estimate of drug-likeness (QED) is 0.854. The number of alkyl halides is 2. The van der Waals surface area contributed by atoms with Crippen LogP contribution in [0.3, 0.4) is 0 Å². The molecule has 0 aromatic heterocycles. The number of anilines is 1. The molecule has 0 radical (unpaired) electrons. The van der Waals surface area contributed by atoms with Crippen molar-refractivity contribution in [3.05, 3.63) is 29.8 Å². The van der Waals surface area contributed by atoms with Crippen LogP contribution in [-0.4, -0.2) is 26.6 Å². The number of hydrogen-bond donors (Lipinski definition) is 1. The molecule has 1 atom stereocenters. The van der Waals surface area contributed by atoms with E-state index in [1.54, 1.807) is 12.1 Å². The molecule has 16 heavy (non-hydrogen) atoms. The van der Waals surface area contributed by atoms with Crippen LogP contribution in [0.25, 0.3) is 0 Å². The van der Waals surface area contributed by atoms with E-state index in [2.05, 4.69) is 0 Å². The van der Waals surface area contributed by atoms with Gasteiger partial charge in [-0.15, -0.1) is 0 Å². The zero-order valence-electron chi connectivity index (χ0n) is 9.50. The molecule has 2 N–H and O–H groups in total. The molecule has 0 saturated heterocycles. The van der Waals surface area contributed by atoms with Crippen LogP contribution >= 0.6 is 0 Å². The molecule has 1 aliphatic rings. The molecule has 1 aliphatic carbocycles. The van der Waals surface area contributed by atoms with Gasteiger partial charge in [0.25, 0.3) is 5.92 Å². The summed E-state index contributed by atoms with van der Waals surface area (Å²) in [4.78, 5) is 1.93. The Morgan fingerprint density at radius 2 is 1.75 bits per heavy atom. The molecule has 1 fully saturated rings. The summed E-state index contributed by atoms with van der Waals surface area (Å²) in [5.74, 6) is -2.64. The smallest absolute Gasteiger partial charge is 0.260 e. The van der Waals surface area contributed by atoms with Crippen molar-refractivity contribution in [1.29, 1.82) is 0 Å². The van der Waals surface area contributed by atoms with Gasteiger partial charge in [-0.2, -0.15) is 0 Å². The van der Waals surface area contributed by atoms with E-state index in [1.165, 1.54) is 0 Å². The second-order valence-corrected chi connectivity index (χ2v) is 4.61. The van der Waals surface area contributed by atoms with Crippen LogP contribution in [0, 0.1) is 0 Å². The maximum Gasteiger partial charge on any atom is 0.260 e. The highest BCUT2D eigenvalue weighted by Crippen LogP contribution is 2.60. The summed E-state index contributed by atoms with van der Waals surface area (Å²) in [6, 6.07) is 7.20. The number of hydrogen-bond acceptors (Lipinski definition) is 2. The number of halogens is 2. The molecular formula is C12H16F2N2. The summed E-state index contributed by atoms with van der Waals surface area (Å²) in [6.07, 6.45) is -0.127. The highest BCUT2D eigenvalue weighted by Gasteiger charge is 2.70. The molecule has 0 aliphatic heterocycles. The molecular weight excluding hydrogens is 210 g/mol. The summed E-state index contributed by atoms with van der Waals surface area (Å²) in [5.41, 5.74) is 6.01. The van der Waals surface area contributed by atoms with Crippen molar-refractivity contribution in [2.24, 2.45) is 5.73 Å². The predicted octanol–water partition coefficient (Wildman–Crippen LogP) is 1.99. The summed E-state index contributed by atoms with van der Waals surface area (Å²) in [6.45, 7) is 0.00130. The maximum atomic E-state index is 13.3. The van der Waals surface area contributed by atoms with Gasteiger partial charge in [-0.25, -0.2) is 8.78 Å². The molecule has 1 aromatic carbocycles. The summed E-state index contributed by atoms with van der Waals surface area (Å²) in [5, 5.41) is 0. The fourth-order valence-electron chi connectivity index (χ4n) is 2.07. The predicted molar refractivity (Wildman–Crippen MR) is 61.1 cm³/mol. The van der Waals surface area contributed by atoms with Crippen molar-refractivity contribution < 1.29 is 8.78 Å². The minimum Gasteiger partial charge on any atom is -0.378 e. The Kier molecular flexibility index (Phi) is 2.42. The molecule has 0 spiro atoms. The van der Waals surface area contributed by atoms with E-state index in [4.69, 9.17) is 5.73 Å². The minimum absolute atomic E-state index is 0.00130. The summed E-state index contributed by atoms with van der Waals surface area (Å²) < 4.78 is 26.6. The molecule has 0 heterocycles.